The Bertz CT molecular complexity index is 1080. The second kappa shape index (κ2) is 9.90. The van der Waals surface area contributed by atoms with Crippen molar-refractivity contribution in [3.05, 3.63) is 93.1 Å². The average Bonchev–Trinajstić information content (AvgIpc) is 3.32. The molecule has 4 rings (SSSR count). The van der Waals surface area contributed by atoms with Crippen LogP contribution in [0.15, 0.2) is 76.4 Å². The number of carbonyl (C=O) groups excluding carboxylic acids is 2. The van der Waals surface area contributed by atoms with E-state index in [0.29, 0.717) is 23.6 Å². The molecule has 2 amide bonds. The Hall–Kier alpha value is -2.96. The van der Waals surface area contributed by atoms with Gasteiger partial charge in [-0.1, -0.05) is 60.1 Å². The number of nitrogens with zero attached hydrogens (tertiary/aromatic N) is 1. The van der Waals surface area contributed by atoms with Gasteiger partial charge in [-0.3, -0.25) is 4.79 Å². The van der Waals surface area contributed by atoms with E-state index in [1.165, 1.54) is 11.3 Å². The zero-order chi connectivity index (χ0) is 21.6. The first-order chi connectivity index (χ1) is 15.1. The Morgan fingerprint density at radius 1 is 1.06 bits per heavy atom. The molecule has 5 nitrogen and oxygen atoms in total. The standard InChI is InChI=1S/C24H21ClN2O3S/c25-19-9-5-4-8-17(19)10-11-20-21(23(28)30-14-16-6-2-1-3-7-16)22(27-24(29)26-20)18-12-13-31-15-18/h1-9,12-13,15,21-22H,10-11,14H2,(H,27,29). The Labute approximate surface area is 189 Å². The topological polar surface area (TPSA) is 67.8 Å². The number of aryl methyl sites for hydroxylation is 1. The molecule has 0 bridgehead atoms. The third kappa shape index (κ3) is 5.21. The molecular formula is C24H21ClN2O3S. The van der Waals surface area contributed by atoms with Gasteiger partial charge < -0.3 is 10.1 Å². The highest BCUT2D eigenvalue weighted by Crippen LogP contribution is 2.31. The second-order valence-corrected chi connectivity index (χ2v) is 8.44. The summed E-state index contributed by atoms with van der Waals surface area (Å²) in [6.07, 6.45) is 1.01. The van der Waals surface area contributed by atoms with E-state index < -0.39 is 24.0 Å². The number of nitrogens with one attached hydrogen (secondary N) is 1. The molecule has 31 heavy (non-hydrogen) atoms. The van der Waals surface area contributed by atoms with Gasteiger partial charge in [0.05, 0.1) is 6.04 Å². The molecule has 2 unspecified atom stereocenters. The van der Waals surface area contributed by atoms with Gasteiger partial charge in [0.2, 0.25) is 0 Å². The molecule has 0 aliphatic carbocycles. The summed E-state index contributed by atoms with van der Waals surface area (Å²) in [6, 6.07) is 18.0. The molecule has 0 saturated carbocycles. The van der Waals surface area contributed by atoms with Crippen molar-refractivity contribution in [3.8, 4) is 0 Å². The lowest BCUT2D eigenvalue weighted by molar-refractivity contribution is -0.148. The van der Waals surface area contributed by atoms with E-state index in [-0.39, 0.29) is 6.61 Å². The number of hydrogen-bond donors (Lipinski definition) is 1. The SMILES string of the molecule is O=C1N=C(CCc2ccccc2Cl)C(C(=O)OCc2ccccc2)C(c2ccsc2)N1. The molecule has 2 heterocycles. The summed E-state index contributed by atoms with van der Waals surface area (Å²) in [5.41, 5.74) is 3.22. The van der Waals surface area contributed by atoms with E-state index >= 15 is 0 Å². The zero-order valence-electron chi connectivity index (χ0n) is 16.7. The van der Waals surface area contributed by atoms with Crippen LogP contribution in [0.1, 0.15) is 29.2 Å². The van der Waals surface area contributed by atoms with Gasteiger partial charge >= 0.3 is 12.0 Å². The fourth-order valence-electron chi connectivity index (χ4n) is 3.63. The average molecular weight is 453 g/mol. The number of hydrogen-bond acceptors (Lipinski definition) is 4. The summed E-state index contributed by atoms with van der Waals surface area (Å²) in [7, 11) is 0. The van der Waals surface area contributed by atoms with Crippen molar-refractivity contribution in [3.63, 3.8) is 0 Å². The number of urea groups is 1. The van der Waals surface area contributed by atoms with Crippen LogP contribution in [0.25, 0.3) is 0 Å². The summed E-state index contributed by atoms with van der Waals surface area (Å²) >= 11 is 7.80. The predicted octanol–water partition coefficient (Wildman–Crippen LogP) is 5.60. The van der Waals surface area contributed by atoms with Gasteiger partial charge in [0.25, 0.3) is 0 Å². The molecule has 3 aromatic rings. The van der Waals surface area contributed by atoms with Crippen molar-refractivity contribution in [2.24, 2.45) is 10.9 Å². The van der Waals surface area contributed by atoms with E-state index in [9.17, 15) is 9.59 Å². The van der Waals surface area contributed by atoms with E-state index in [0.717, 1.165) is 16.7 Å². The minimum atomic E-state index is -0.696. The highest BCUT2D eigenvalue weighted by molar-refractivity contribution is 7.08. The monoisotopic (exact) mass is 452 g/mol. The molecule has 0 fully saturated rings. The van der Waals surface area contributed by atoms with Crippen molar-refractivity contribution in [2.75, 3.05) is 0 Å². The molecule has 0 saturated heterocycles. The molecule has 0 radical (unpaired) electrons. The number of thiophene rings is 1. The quantitative estimate of drug-likeness (QED) is 0.474. The number of rotatable bonds is 7. The van der Waals surface area contributed by atoms with E-state index in [1.54, 1.807) is 0 Å². The summed E-state index contributed by atoms with van der Waals surface area (Å²) in [6.45, 7) is 0.165. The van der Waals surface area contributed by atoms with E-state index in [4.69, 9.17) is 16.3 Å². The third-order valence-electron chi connectivity index (χ3n) is 5.20. The number of amides is 2. The fourth-order valence-corrected chi connectivity index (χ4v) is 4.56. The number of halogens is 1. The van der Waals surface area contributed by atoms with Crippen molar-refractivity contribution < 1.29 is 14.3 Å². The van der Waals surface area contributed by atoms with Crippen LogP contribution in [-0.4, -0.2) is 17.7 Å². The molecular weight excluding hydrogens is 432 g/mol. The number of esters is 1. The first-order valence-electron chi connectivity index (χ1n) is 9.96. The van der Waals surface area contributed by atoms with Gasteiger partial charge in [-0.25, -0.2) is 9.79 Å². The lowest BCUT2D eigenvalue weighted by Gasteiger charge is -2.30. The van der Waals surface area contributed by atoms with Crippen molar-refractivity contribution in [2.45, 2.75) is 25.5 Å². The van der Waals surface area contributed by atoms with Crippen molar-refractivity contribution >= 4 is 40.6 Å². The molecule has 1 aliphatic heterocycles. The van der Waals surface area contributed by atoms with Gasteiger partial charge in [0.15, 0.2) is 0 Å². The maximum Gasteiger partial charge on any atom is 0.341 e. The minimum Gasteiger partial charge on any atom is -0.460 e. The molecule has 1 aliphatic rings. The summed E-state index contributed by atoms with van der Waals surface area (Å²) < 4.78 is 5.64. The van der Waals surface area contributed by atoms with Crippen molar-refractivity contribution in [1.82, 2.24) is 5.32 Å². The van der Waals surface area contributed by atoms with Gasteiger partial charge in [-0.15, -0.1) is 0 Å². The zero-order valence-corrected chi connectivity index (χ0v) is 18.2. The maximum atomic E-state index is 13.2. The first-order valence-corrected chi connectivity index (χ1v) is 11.3. The van der Waals surface area contributed by atoms with Crippen LogP contribution in [0.2, 0.25) is 5.02 Å². The minimum absolute atomic E-state index is 0.165. The van der Waals surface area contributed by atoms with E-state index in [2.05, 4.69) is 10.3 Å². The number of ether oxygens (including phenoxy) is 1. The van der Waals surface area contributed by atoms with Crippen LogP contribution in [-0.2, 0) is 22.6 Å². The van der Waals surface area contributed by atoms with Crippen LogP contribution in [0.4, 0.5) is 4.79 Å². The van der Waals surface area contributed by atoms with E-state index in [1.807, 2.05) is 71.4 Å². The molecule has 1 N–H and O–H groups in total. The first kappa shape index (κ1) is 21.3. The molecule has 7 heteroatoms. The lowest BCUT2D eigenvalue weighted by Crippen LogP contribution is -2.45. The van der Waals surface area contributed by atoms with Crippen molar-refractivity contribution in [1.29, 1.82) is 0 Å². The van der Waals surface area contributed by atoms with Gasteiger partial charge in [-0.2, -0.15) is 11.3 Å². The number of carbonyl (C=O) groups is 2. The Kier molecular flexibility index (Phi) is 6.79. The second-order valence-electron chi connectivity index (χ2n) is 7.25. The van der Waals surface area contributed by atoms with Crippen LogP contribution in [0.5, 0.6) is 0 Å². The predicted molar refractivity (Wildman–Crippen MR) is 123 cm³/mol. The molecule has 1 aromatic heterocycles. The largest absolute Gasteiger partial charge is 0.460 e. The molecule has 158 valence electrons. The van der Waals surface area contributed by atoms with Gasteiger partial charge in [0, 0.05) is 10.7 Å². The lowest BCUT2D eigenvalue weighted by atomic mass is 9.86. The van der Waals surface area contributed by atoms with Gasteiger partial charge in [0.1, 0.15) is 12.5 Å². The molecule has 2 aromatic carbocycles. The maximum absolute atomic E-state index is 13.2. The Balaban J connectivity index is 1.57. The summed E-state index contributed by atoms with van der Waals surface area (Å²) in [5.74, 6) is -1.10. The summed E-state index contributed by atoms with van der Waals surface area (Å²) in [4.78, 5) is 29.7. The molecule has 2 atom stereocenters. The molecule has 0 spiro atoms. The van der Waals surface area contributed by atoms with Crippen LogP contribution < -0.4 is 5.32 Å². The highest BCUT2D eigenvalue weighted by atomic mass is 35.5. The number of benzene rings is 2. The normalized spacial score (nSPS) is 18.2. The summed E-state index contributed by atoms with van der Waals surface area (Å²) in [5, 5.41) is 7.34. The van der Waals surface area contributed by atoms with Crippen LogP contribution in [0, 0.1) is 5.92 Å². The Morgan fingerprint density at radius 2 is 1.84 bits per heavy atom. The van der Waals surface area contributed by atoms with Crippen LogP contribution in [0.3, 0.4) is 0 Å². The smallest absolute Gasteiger partial charge is 0.341 e. The highest BCUT2D eigenvalue weighted by Gasteiger charge is 2.39. The number of aliphatic imine (C=N–C) groups is 1. The van der Waals surface area contributed by atoms with Crippen LogP contribution >= 0.6 is 22.9 Å². The Morgan fingerprint density at radius 3 is 2.58 bits per heavy atom. The fraction of sp³-hybridized carbons (Fsp3) is 0.208. The van der Waals surface area contributed by atoms with Gasteiger partial charge in [-0.05, 0) is 52.4 Å². The third-order valence-corrected chi connectivity index (χ3v) is 6.28.